The maximum Gasteiger partial charge on any atom is 0.223 e. The fourth-order valence-corrected chi connectivity index (χ4v) is 3.84. The smallest absolute Gasteiger partial charge is 0.223 e. The predicted molar refractivity (Wildman–Crippen MR) is 85.3 cm³/mol. The quantitative estimate of drug-likeness (QED) is 0.923. The van der Waals surface area contributed by atoms with E-state index < -0.39 is 0 Å². The topological polar surface area (TPSA) is 32.3 Å². The molecule has 21 heavy (non-hydrogen) atoms. The van der Waals surface area contributed by atoms with Gasteiger partial charge in [0.25, 0.3) is 0 Å². The lowest BCUT2D eigenvalue weighted by atomic mass is 10.0. The number of carbonyl (C=O) groups is 1. The molecular weight excluding hydrogens is 260 g/mol. The highest BCUT2D eigenvalue weighted by atomic mass is 16.2. The van der Waals surface area contributed by atoms with Crippen LogP contribution in [-0.2, 0) is 11.2 Å². The van der Waals surface area contributed by atoms with E-state index in [1.807, 2.05) is 0 Å². The van der Waals surface area contributed by atoms with Gasteiger partial charge in [-0.1, -0.05) is 24.3 Å². The first-order valence-corrected chi connectivity index (χ1v) is 8.33. The zero-order valence-electron chi connectivity index (χ0n) is 13.0. The van der Waals surface area contributed by atoms with Gasteiger partial charge in [-0.2, -0.15) is 0 Å². The summed E-state index contributed by atoms with van der Waals surface area (Å²) in [5.41, 5.74) is 2.60. The molecule has 1 N–H and O–H groups in total. The Balaban J connectivity index is 1.58. The zero-order valence-corrected chi connectivity index (χ0v) is 13.0. The van der Waals surface area contributed by atoms with Crippen molar-refractivity contribution >= 4 is 5.91 Å². The third-order valence-electron chi connectivity index (χ3n) is 5.05. The molecule has 2 aliphatic heterocycles. The van der Waals surface area contributed by atoms with Crippen molar-refractivity contribution in [3.05, 3.63) is 35.4 Å². The molecule has 0 aromatic heterocycles. The van der Waals surface area contributed by atoms with Crippen LogP contribution in [0.1, 0.15) is 43.2 Å². The van der Waals surface area contributed by atoms with Crippen LogP contribution in [0.2, 0.25) is 0 Å². The van der Waals surface area contributed by atoms with E-state index in [9.17, 15) is 4.79 Å². The fourth-order valence-electron chi connectivity index (χ4n) is 3.84. The summed E-state index contributed by atoms with van der Waals surface area (Å²) < 4.78 is 0. The Labute approximate surface area is 127 Å². The number of rotatable bonds is 4. The molecule has 2 atom stereocenters. The summed E-state index contributed by atoms with van der Waals surface area (Å²) in [5.74, 6) is 0.342. The van der Waals surface area contributed by atoms with E-state index in [1.54, 1.807) is 0 Å². The van der Waals surface area contributed by atoms with E-state index in [-0.39, 0.29) is 0 Å². The highest BCUT2D eigenvalue weighted by Crippen LogP contribution is 2.25. The molecule has 3 rings (SSSR count). The van der Waals surface area contributed by atoms with Gasteiger partial charge in [0.2, 0.25) is 5.91 Å². The van der Waals surface area contributed by atoms with Gasteiger partial charge in [-0.3, -0.25) is 4.79 Å². The molecule has 2 aliphatic rings. The first-order chi connectivity index (χ1) is 10.3. The van der Waals surface area contributed by atoms with Crippen LogP contribution in [0.5, 0.6) is 0 Å². The van der Waals surface area contributed by atoms with Crippen LogP contribution in [0.4, 0.5) is 0 Å². The number of likely N-dealkylation sites (tertiary alicyclic amines) is 1. The van der Waals surface area contributed by atoms with Crippen LogP contribution >= 0.6 is 0 Å². The monoisotopic (exact) mass is 286 g/mol. The summed E-state index contributed by atoms with van der Waals surface area (Å²) in [7, 11) is 0. The third-order valence-corrected chi connectivity index (χ3v) is 5.05. The lowest BCUT2D eigenvalue weighted by Crippen LogP contribution is -2.46. The summed E-state index contributed by atoms with van der Waals surface area (Å²) in [6.07, 6.45) is 6.34. The summed E-state index contributed by atoms with van der Waals surface area (Å²) in [5, 5.41) is 3.57. The van der Waals surface area contributed by atoms with Crippen molar-refractivity contribution < 1.29 is 4.79 Å². The van der Waals surface area contributed by atoms with Gasteiger partial charge < -0.3 is 10.2 Å². The number of nitrogens with one attached hydrogen (secondary N) is 1. The molecule has 1 amide bonds. The third kappa shape index (κ3) is 3.29. The number of hydrogen-bond acceptors (Lipinski definition) is 2. The Morgan fingerprint density at radius 2 is 2.14 bits per heavy atom. The molecule has 114 valence electrons. The first-order valence-electron chi connectivity index (χ1n) is 8.33. The van der Waals surface area contributed by atoms with Crippen LogP contribution in [0.3, 0.4) is 0 Å². The number of amides is 1. The van der Waals surface area contributed by atoms with Crippen LogP contribution in [-0.4, -0.2) is 36.0 Å². The van der Waals surface area contributed by atoms with Gasteiger partial charge in [0.05, 0.1) is 0 Å². The van der Waals surface area contributed by atoms with E-state index >= 15 is 0 Å². The number of hydrogen-bond donors (Lipinski definition) is 1. The Morgan fingerprint density at radius 1 is 1.29 bits per heavy atom. The van der Waals surface area contributed by atoms with Crippen molar-refractivity contribution in [2.45, 2.75) is 57.5 Å². The van der Waals surface area contributed by atoms with Crippen LogP contribution in [0.15, 0.2) is 24.3 Å². The number of aryl methyl sites for hydroxylation is 2. The Bertz CT molecular complexity index is 494. The summed E-state index contributed by atoms with van der Waals surface area (Å²) in [4.78, 5) is 14.7. The van der Waals surface area contributed by atoms with Crippen molar-refractivity contribution in [3.8, 4) is 0 Å². The van der Waals surface area contributed by atoms with E-state index in [0.29, 0.717) is 24.4 Å². The predicted octanol–water partition coefficient (Wildman–Crippen LogP) is 2.67. The summed E-state index contributed by atoms with van der Waals surface area (Å²) in [6, 6.07) is 9.37. The molecule has 2 heterocycles. The van der Waals surface area contributed by atoms with Gasteiger partial charge in [0.1, 0.15) is 0 Å². The second kappa shape index (κ2) is 6.61. The minimum Gasteiger partial charge on any atom is -0.338 e. The average molecular weight is 286 g/mol. The van der Waals surface area contributed by atoms with Crippen molar-refractivity contribution in [1.29, 1.82) is 0 Å². The maximum absolute atomic E-state index is 12.6. The largest absolute Gasteiger partial charge is 0.338 e. The Kier molecular flexibility index (Phi) is 4.59. The molecule has 2 saturated heterocycles. The molecule has 0 radical (unpaired) electrons. The lowest BCUT2D eigenvalue weighted by Gasteiger charge is -2.29. The second-order valence-electron chi connectivity index (χ2n) is 6.43. The second-order valence-corrected chi connectivity index (χ2v) is 6.43. The SMILES string of the molecule is Cc1ccccc1CCC(=O)N1CCCC1C1CCCN1. The van der Waals surface area contributed by atoms with Crippen molar-refractivity contribution in [2.24, 2.45) is 0 Å². The molecule has 0 aliphatic carbocycles. The average Bonchev–Trinajstić information content (AvgIpc) is 3.16. The molecule has 2 fully saturated rings. The van der Waals surface area contributed by atoms with Gasteiger partial charge >= 0.3 is 0 Å². The molecule has 0 saturated carbocycles. The molecule has 1 aromatic carbocycles. The van der Waals surface area contributed by atoms with Gasteiger partial charge in [-0.15, -0.1) is 0 Å². The van der Waals surface area contributed by atoms with Crippen LogP contribution in [0.25, 0.3) is 0 Å². The summed E-state index contributed by atoms with van der Waals surface area (Å²) in [6.45, 7) is 4.20. The highest BCUT2D eigenvalue weighted by molar-refractivity contribution is 5.77. The van der Waals surface area contributed by atoms with Gasteiger partial charge in [0, 0.05) is 25.0 Å². The summed E-state index contributed by atoms with van der Waals surface area (Å²) >= 11 is 0. The van der Waals surface area contributed by atoms with Crippen molar-refractivity contribution in [3.63, 3.8) is 0 Å². The molecule has 0 spiro atoms. The van der Waals surface area contributed by atoms with Crippen LogP contribution in [0, 0.1) is 6.92 Å². The van der Waals surface area contributed by atoms with Crippen molar-refractivity contribution in [2.75, 3.05) is 13.1 Å². The number of nitrogens with zero attached hydrogens (tertiary/aromatic N) is 1. The Morgan fingerprint density at radius 3 is 2.90 bits per heavy atom. The molecule has 1 aromatic rings. The van der Waals surface area contributed by atoms with Gasteiger partial charge in [-0.05, 0) is 56.7 Å². The molecular formula is C18H26N2O. The number of benzene rings is 1. The van der Waals surface area contributed by atoms with Gasteiger partial charge in [-0.25, -0.2) is 0 Å². The zero-order chi connectivity index (χ0) is 14.7. The maximum atomic E-state index is 12.6. The minimum absolute atomic E-state index is 0.342. The van der Waals surface area contributed by atoms with Crippen LogP contribution < -0.4 is 5.32 Å². The number of carbonyl (C=O) groups excluding carboxylic acids is 1. The van der Waals surface area contributed by atoms with Gasteiger partial charge in [0.15, 0.2) is 0 Å². The van der Waals surface area contributed by atoms with E-state index in [0.717, 1.165) is 19.5 Å². The van der Waals surface area contributed by atoms with E-state index in [2.05, 4.69) is 41.4 Å². The normalized spacial score (nSPS) is 25.5. The molecule has 2 unspecified atom stereocenters. The lowest BCUT2D eigenvalue weighted by molar-refractivity contribution is -0.132. The van der Waals surface area contributed by atoms with E-state index in [1.165, 1.54) is 36.8 Å². The van der Waals surface area contributed by atoms with Crippen molar-refractivity contribution in [1.82, 2.24) is 10.2 Å². The molecule has 3 heteroatoms. The first kappa shape index (κ1) is 14.6. The standard InChI is InChI=1S/C18H26N2O/c1-14-6-2-3-7-15(14)10-11-18(21)20-13-5-9-17(20)16-8-4-12-19-16/h2-3,6-7,16-17,19H,4-5,8-13H2,1H3. The molecule has 0 bridgehead atoms. The fraction of sp³-hybridized carbons (Fsp3) is 0.611. The Hall–Kier alpha value is -1.35. The minimum atomic E-state index is 0.342. The molecule has 3 nitrogen and oxygen atoms in total. The van der Waals surface area contributed by atoms with E-state index in [4.69, 9.17) is 0 Å². The highest BCUT2D eigenvalue weighted by Gasteiger charge is 2.35.